The van der Waals surface area contributed by atoms with Crippen molar-refractivity contribution < 1.29 is 23.2 Å². The van der Waals surface area contributed by atoms with Crippen LogP contribution >= 0.6 is 0 Å². The van der Waals surface area contributed by atoms with Crippen LogP contribution in [-0.4, -0.2) is 53.3 Å². The molecule has 0 bridgehead atoms. The first-order chi connectivity index (χ1) is 20.3. The summed E-state index contributed by atoms with van der Waals surface area (Å²) in [6.07, 6.45) is 4.76. The molecule has 1 heterocycles. The summed E-state index contributed by atoms with van der Waals surface area (Å²) in [5.74, 6) is 0.620. The molecule has 44 heavy (non-hydrogen) atoms. The molecule has 0 radical (unpaired) electrons. The Bertz CT molecular complexity index is 1010. The number of hydrogen-bond acceptors (Lipinski definition) is 5. The quantitative estimate of drug-likeness (QED) is 0.130. The second kappa shape index (κ2) is 15.5. The third-order valence-corrected chi connectivity index (χ3v) is 23.2. The Morgan fingerprint density at radius 1 is 0.909 bits per heavy atom. The van der Waals surface area contributed by atoms with E-state index in [1.807, 2.05) is 0 Å². The van der Waals surface area contributed by atoms with Crippen molar-refractivity contribution in [1.82, 2.24) is 4.90 Å². The molecule has 6 nitrogen and oxygen atoms in total. The maximum atomic E-state index is 14.2. The monoisotopic (exact) mass is 649 g/mol. The molecule has 1 aliphatic heterocycles. The van der Waals surface area contributed by atoms with Crippen LogP contribution in [0.2, 0.25) is 33.2 Å². The summed E-state index contributed by atoms with van der Waals surface area (Å²) < 4.78 is 20.1. The zero-order valence-corrected chi connectivity index (χ0v) is 33.1. The Labute approximate surface area is 273 Å². The van der Waals surface area contributed by atoms with E-state index in [-0.39, 0.29) is 18.4 Å². The highest BCUT2D eigenvalue weighted by Crippen LogP contribution is 2.54. The van der Waals surface area contributed by atoms with Gasteiger partial charge in [-0.15, -0.1) is 0 Å². The van der Waals surface area contributed by atoms with Crippen LogP contribution in [0.15, 0.2) is 23.0 Å². The highest BCUT2D eigenvalue weighted by atomic mass is 28.4. The normalized spacial score (nSPS) is 21.9. The van der Waals surface area contributed by atoms with Crippen molar-refractivity contribution in [2.75, 3.05) is 19.8 Å². The molecule has 0 saturated carbocycles. The predicted molar refractivity (Wildman–Crippen MR) is 189 cm³/mol. The first kappa shape index (κ1) is 38.8. The number of nitrogens with zero attached hydrogens (tertiary/aromatic N) is 1. The van der Waals surface area contributed by atoms with Gasteiger partial charge in [-0.3, -0.25) is 4.79 Å². The van der Waals surface area contributed by atoms with Crippen LogP contribution in [0.5, 0.6) is 0 Å². The molecule has 8 heteroatoms. The molecule has 2 atom stereocenters. The number of carbonyl (C=O) groups is 2. The van der Waals surface area contributed by atoms with E-state index in [1.165, 1.54) is 10.5 Å². The van der Waals surface area contributed by atoms with E-state index < -0.39 is 28.1 Å². The van der Waals surface area contributed by atoms with Gasteiger partial charge in [0, 0.05) is 17.8 Å². The summed E-state index contributed by atoms with van der Waals surface area (Å²) in [6, 6.07) is 0. The van der Waals surface area contributed by atoms with Crippen LogP contribution in [0.25, 0.3) is 0 Å². The Morgan fingerprint density at radius 2 is 1.41 bits per heavy atom. The van der Waals surface area contributed by atoms with Crippen LogP contribution in [0.3, 0.4) is 0 Å². The Balaban J connectivity index is 2.85. The van der Waals surface area contributed by atoms with Gasteiger partial charge < -0.3 is 13.6 Å². The molecule has 0 aromatic carbocycles. The van der Waals surface area contributed by atoms with E-state index in [2.05, 4.69) is 110 Å². The average Bonchev–Trinajstić information content (AvgIpc) is 3.32. The lowest BCUT2D eigenvalue weighted by Gasteiger charge is -2.50. The molecule has 0 unspecified atom stereocenters. The minimum absolute atomic E-state index is 0.107. The highest BCUT2D eigenvalue weighted by molar-refractivity contribution is 6.78. The van der Waals surface area contributed by atoms with E-state index >= 15 is 0 Å². The highest BCUT2D eigenvalue weighted by Gasteiger charge is 2.53. The number of imide groups is 1. The van der Waals surface area contributed by atoms with Gasteiger partial charge in [0.25, 0.3) is 8.32 Å². The number of allylic oxidation sites excluding steroid dienone is 3. The lowest BCUT2D eigenvalue weighted by molar-refractivity contribution is -0.136. The number of hydrogen-bond donors (Lipinski definition) is 0. The molecule has 0 N–H and O–H groups in total. The molecule has 254 valence electrons. The van der Waals surface area contributed by atoms with Crippen LogP contribution in [-0.2, 0) is 18.4 Å². The van der Waals surface area contributed by atoms with Crippen LogP contribution in [0.1, 0.15) is 130 Å². The fourth-order valence-electron chi connectivity index (χ4n) is 9.06. The van der Waals surface area contributed by atoms with E-state index in [0.29, 0.717) is 59.2 Å². The SMILES string of the molecule is CC(C)=CCC[C@@]1(C)C(CO[Si](C(C)C)(C(C)C)C(C)C)=C(O[Si](C(C)C)(C(C)C)C(C)C)CC[C@@H]1C(=O)N1CCOC1=O. The fourth-order valence-corrected chi connectivity index (χ4v) is 19.8. The largest absolute Gasteiger partial charge is 0.546 e. The van der Waals surface area contributed by atoms with E-state index in [1.54, 1.807) is 0 Å². The standard InChI is InChI=1S/C36H67NO5Si2/c1-24(2)17-16-20-36(15)31(34(38)37-21-22-40-35(37)39)18-19-33(42-44(28(9)10,29(11)12)30(13)14)32(36)23-41-43(25(3)4,26(5)6)27(7)8/h17,25-31H,16,18-23H2,1-15H3/t31-,36-/m1/s1. The van der Waals surface area contributed by atoms with Gasteiger partial charge in [-0.05, 0) is 71.9 Å². The summed E-state index contributed by atoms with van der Waals surface area (Å²) >= 11 is 0. The molecule has 1 saturated heterocycles. The molecular weight excluding hydrogens is 583 g/mol. The molecule has 2 rings (SSSR count). The maximum absolute atomic E-state index is 14.2. The Morgan fingerprint density at radius 3 is 1.82 bits per heavy atom. The number of amides is 2. The van der Waals surface area contributed by atoms with Gasteiger partial charge in [-0.25, -0.2) is 9.69 Å². The molecular formula is C36H67NO5Si2. The zero-order valence-electron chi connectivity index (χ0n) is 31.1. The van der Waals surface area contributed by atoms with Gasteiger partial charge >= 0.3 is 6.09 Å². The zero-order chi connectivity index (χ0) is 33.8. The van der Waals surface area contributed by atoms with Gasteiger partial charge in [-0.1, -0.05) is 102 Å². The summed E-state index contributed by atoms with van der Waals surface area (Å²) in [4.78, 5) is 28.2. The molecule has 0 aromatic rings. The van der Waals surface area contributed by atoms with Crippen molar-refractivity contribution in [2.24, 2.45) is 11.3 Å². The summed E-state index contributed by atoms with van der Waals surface area (Å²) in [6.45, 7) is 35.5. The van der Waals surface area contributed by atoms with E-state index in [9.17, 15) is 9.59 Å². The van der Waals surface area contributed by atoms with Crippen LogP contribution in [0.4, 0.5) is 4.79 Å². The number of carbonyl (C=O) groups excluding carboxylic acids is 2. The van der Waals surface area contributed by atoms with E-state index in [4.69, 9.17) is 13.6 Å². The van der Waals surface area contributed by atoms with Crippen LogP contribution in [0, 0.1) is 11.3 Å². The van der Waals surface area contributed by atoms with Crippen LogP contribution < -0.4 is 0 Å². The Kier molecular flexibility index (Phi) is 13.6. The third-order valence-electron chi connectivity index (χ3n) is 11.2. The minimum atomic E-state index is -2.28. The van der Waals surface area contributed by atoms with Crippen molar-refractivity contribution >= 4 is 28.6 Å². The molecule has 2 aliphatic rings. The molecule has 2 amide bonds. The number of ether oxygens (including phenoxy) is 1. The summed E-state index contributed by atoms with van der Waals surface area (Å²) in [5.41, 5.74) is 4.55. The molecule has 1 aliphatic carbocycles. The first-order valence-electron chi connectivity index (χ1n) is 17.5. The molecule has 0 spiro atoms. The Hall–Kier alpha value is -1.39. The number of rotatable bonds is 15. The van der Waals surface area contributed by atoms with Gasteiger partial charge in [0.1, 0.15) is 6.61 Å². The summed E-state index contributed by atoms with van der Waals surface area (Å²) in [7, 11) is -4.50. The first-order valence-corrected chi connectivity index (χ1v) is 21.7. The lowest BCUT2D eigenvalue weighted by Crippen LogP contribution is -2.52. The topological polar surface area (TPSA) is 65.1 Å². The van der Waals surface area contributed by atoms with Gasteiger partial charge in [-0.2, -0.15) is 0 Å². The van der Waals surface area contributed by atoms with Crippen molar-refractivity contribution in [3.63, 3.8) is 0 Å². The minimum Gasteiger partial charge on any atom is -0.546 e. The van der Waals surface area contributed by atoms with Gasteiger partial charge in [0.15, 0.2) is 0 Å². The maximum Gasteiger partial charge on any atom is 0.416 e. The smallest absolute Gasteiger partial charge is 0.416 e. The van der Waals surface area contributed by atoms with Crippen molar-refractivity contribution in [2.45, 2.75) is 163 Å². The average molecular weight is 650 g/mol. The molecule has 0 aromatic heterocycles. The second-order valence-electron chi connectivity index (χ2n) is 15.9. The predicted octanol–water partition coefficient (Wildman–Crippen LogP) is 10.8. The van der Waals surface area contributed by atoms with Crippen molar-refractivity contribution in [3.8, 4) is 0 Å². The number of cyclic esters (lactones) is 1. The van der Waals surface area contributed by atoms with Gasteiger partial charge in [0.05, 0.1) is 18.9 Å². The molecule has 1 fully saturated rings. The third kappa shape index (κ3) is 7.59. The summed E-state index contributed by atoms with van der Waals surface area (Å²) in [5, 5.41) is 0. The van der Waals surface area contributed by atoms with Gasteiger partial charge in [0.2, 0.25) is 14.2 Å². The van der Waals surface area contributed by atoms with Crippen molar-refractivity contribution in [1.29, 1.82) is 0 Å². The fraction of sp³-hybridized carbons (Fsp3) is 0.833. The van der Waals surface area contributed by atoms with Crippen molar-refractivity contribution in [3.05, 3.63) is 23.0 Å². The lowest BCUT2D eigenvalue weighted by atomic mass is 9.63. The van der Waals surface area contributed by atoms with E-state index in [0.717, 1.165) is 24.2 Å². The second-order valence-corrected chi connectivity index (χ2v) is 26.7.